The number of nitrogens with one attached hydrogen (secondary N) is 1. The molecule has 1 atom stereocenters. The summed E-state index contributed by atoms with van der Waals surface area (Å²) in [6.45, 7) is 2.15. The molecule has 0 bridgehead atoms. The average molecular weight is 271 g/mol. The first-order valence-corrected chi connectivity index (χ1v) is 6.90. The van der Waals surface area contributed by atoms with Crippen LogP contribution in [0.1, 0.15) is 13.3 Å². The second-order valence-corrected chi connectivity index (χ2v) is 5.47. The fourth-order valence-electron chi connectivity index (χ4n) is 1.58. The van der Waals surface area contributed by atoms with Gasteiger partial charge in [0, 0.05) is 16.5 Å². The van der Waals surface area contributed by atoms with Crippen molar-refractivity contribution in [2.75, 3.05) is 17.7 Å². The number of thioether (sulfide) groups is 1. The molecule has 3 nitrogen and oxygen atoms in total. The third-order valence-corrected chi connectivity index (χ3v) is 4.26. The molecule has 2 rings (SSSR count). The van der Waals surface area contributed by atoms with Crippen LogP contribution in [-0.2, 0) is 0 Å². The maximum atomic E-state index is 9.37. The SMILES string of the molecule is CCC1(CO)CSC(Nc2ccc(Cl)cc2)=N1. The van der Waals surface area contributed by atoms with E-state index in [1.54, 1.807) is 11.8 Å². The van der Waals surface area contributed by atoms with E-state index in [1.165, 1.54) is 0 Å². The smallest absolute Gasteiger partial charge is 0.161 e. The molecule has 1 aliphatic heterocycles. The van der Waals surface area contributed by atoms with E-state index in [9.17, 15) is 5.11 Å². The molecule has 5 heteroatoms. The summed E-state index contributed by atoms with van der Waals surface area (Å²) in [7, 11) is 0. The highest BCUT2D eigenvalue weighted by Crippen LogP contribution is 2.31. The van der Waals surface area contributed by atoms with Gasteiger partial charge < -0.3 is 10.4 Å². The van der Waals surface area contributed by atoms with Crippen molar-refractivity contribution in [3.05, 3.63) is 29.3 Å². The highest BCUT2D eigenvalue weighted by molar-refractivity contribution is 8.14. The molecule has 0 fully saturated rings. The minimum absolute atomic E-state index is 0.0995. The van der Waals surface area contributed by atoms with E-state index in [0.717, 1.165) is 28.1 Å². The van der Waals surface area contributed by atoms with Crippen molar-refractivity contribution in [3.8, 4) is 0 Å². The number of hydrogen-bond donors (Lipinski definition) is 2. The van der Waals surface area contributed by atoms with Gasteiger partial charge in [0.05, 0.1) is 12.1 Å². The minimum atomic E-state index is -0.306. The van der Waals surface area contributed by atoms with Gasteiger partial charge in [-0.05, 0) is 30.7 Å². The van der Waals surface area contributed by atoms with Gasteiger partial charge in [-0.2, -0.15) is 0 Å². The zero-order valence-corrected chi connectivity index (χ0v) is 11.2. The lowest BCUT2D eigenvalue weighted by Gasteiger charge is -2.19. The Hall–Kier alpha value is -0.710. The Morgan fingerprint density at radius 3 is 2.71 bits per heavy atom. The highest BCUT2D eigenvalue weighted by Gasteiger charge is 2.33. The maximum Gasteiger partial charge on any atom is 0.161 e. The molecule has 1 aromatic rings. The molecule has 1 aliphatic rings. The number of rotatable bonds is 3. The zero-order chi connectivity index (χ0) is 12.3. The van der Waals surface area contributed by atoms with Gasteiger partial charge in [-0.15, -0.1) is 0 Å². The number of amidine groups is 1. The largest absolute Gasteiger partial charge is 0.394 e. The number of aliphatic hydroxyl groups is 1. The zero-order valence-electron chi connectivity index (χ0n) is 9.61. The van der Waals surface area contributed by atoms with E-state index < -0.39 is 0 Å². The fourth-order valence-corrected chi connectivity index (χ4v) is 2.92. The van der Waals surface area contributed by atoms with Crippen molar-refractivity contribution < 1.29 is 5.11 Å². The molecular weight excluding hydrogens is 256 g/mol. The number of benzene rings is 1. The van der Waals surface area contributed by atoms with Crippen molar-refractivity contribution in [1.29, 1.82) is 0 Å². The summed E-state index contributed by atoms with van der Waals surface area (Å²) in [6, 6.07) is 7.50. The molecule has 92 valence electrons. The number of hydrogen-bond acceptors (Lipinski definition) is 4. The minimum Gasteiger partial charge on any atom is -0.394 e. The first-order chi connectivity index (χ1) is 8.17. The first kappa shape index (κ1) is 12.7. The van der Waals surface area contributed by atoms with Crippen LogP contribution in [0, 0.1) is 0 Å². The summed E-state index contributed by atoms with van der Waals surface area (Å²) in [5, 5.41) is 14.2. The predicted molar refractivity (Wildman–Crippen MR) is 75.1 cm³/mol. The average Bonchev–Trinajstić information content (AvgIpc) is 2.76. The van der Waals surface area contributed by atoms with Gasteiger partial charge in [0.1, 0.15) is 0 Å². The lowest BCUT2D eigenvalue weighted by atomic mass is 10.0. The Bertz CT molecular complexity index is 415. The van der Waals surface area contributed by atoms with E-state index in [-0.39, 0.29) is 12.1 Å². The molecule has 0 saturated carbocycles. The summed E-state index contributed by atoms with van der Waals surface area (Å²) < 4.78 is 0. The van der Waals surface area contributed by atoms with Gasteiger partial charge in [0.25, 0.3) is 0 Å². The van der Waals surface area contributed by atoms with Crippen LogP contribution in [0.5, 0.6) is 0 Å². The van der Waals surface area contributed by atoms with Crippen LogP contribution in [0.15, 0.2) is 29.3 Å². The predicted octanol–water partition coefficient (Wildman–Crippen LogP) is 3.00. The van der Waals surface area contributed by atoms with Crippen LogP contribution in [0.3, 0.4) is 0 Å². The molecule has 1 heterocycles. The van der Waals surface area contributed by atoms with Gasteiger partial charge >= 0.3 is 0 Å². The van der Waals surface area contributed by atoms with Crippen LogP contribution < -0.4 is 5.32 Å². The van der Waals surface area contributed by atoms with E-state index in [1.807, 2.05) is 31.2 Å². The van der Waals surface area contributed by atoms with Crippen LogP contribution >= 0.6 is 23.4 Å². The van der Waals surface area contributed by atoms with Crippen molar-refractivity contribution in [2.45, 2.75) is 18.9 Å². The van der Waals surface area contributed by atoms with Gasteiger partial charge in [0.2, 0.25) is 0 Å². The van der Waals surface area contributed by atoms with Crippen molar-refractivity contribution in [2.24, 2.45) is 4.99 Å². The van der Waals surface area contributed by atoms with Gasteiger partial charge in [-0.1, -0.05) is 30.3 Å². The van der Waals surface area contributed by atoms with Crippen molar-refractivity contribution in [1.82, 2.24) is 0 Å². The van der Waals surface area contributed by atoms with Crippen LogP contribution in [0.25, 0.3) is 0 Å². The molecule has 0 amide bonds. The first-order valence-electron chi connectivity index (χ1n) is 5.53. The quantitative estimate of drug-likeness (QED) is 0.888. The Labute approximate surface area is 110 Å². The molecular formula is C12H15ClN2OS. The van der Waals surface area contributed by atoms with E-state index in [2.05, 4.69) is 10.3 Å². The summed E-state index contributed by atoms with van der Waals surface area (Å²) in [4.78, 5) is 4.56. The molecule has 17 heavy (non-hydrogen) atoms. The molecule has 0 aliphatic carbocycles. The van der Waals surface area contributed by atoms with Gasteiger partial charge in [-0.25, -0.2) is 0 Å². The molecule has 2 N–H and O–H groups in total. The summed E-state index contributed by atoms with van der Waals surface area (Å²) in [6.07, 6.45) is 0.850. The lowest BCUT2D eigenvalue weighted by Crippen LogP contribution is -2.30. The molecule has 0 radical (unpaired) electrons. The number of aliphatic hydroxyl groups excluding tert-OH is 1. The number of halogens is 1. The van der Waals surface area contributed by atoms with E-state index >= 15 is 0 Å². The third-order valence-electron chi connectivity index (χ3n) is 2.86. The molecule has 1 aromatic carbocycles. The van der Waals surface area contributed by atoms with E-state index in [4.69, 9.17) is 11.6 Å². The topological polar surface area (TPSA) is 44.6 Å². The van der Waals surface area contributed by atoms with Gasteiger partial charge in [0.15, 0.2) is 5.17 Å². The van der Waals surface area contributed by atoms with Crippen LogP contribution in [-0.4, -0.2) is 28.2 Å². The summed E-state index contributed by atoms with van der Waals surface area (Å²) >= 11 is 7.47. The van der Waals surface area contributed by atoms with Crippen LogP contribution in [0.2, 0.25) is 5.02 Å². The number of anilines is 1. The highest BCUT2D eigenvalue weighted by atomic mass is 35.5. The standard InChI is InChI=1S/C12H15ClN2OS/c1-2-12(7-16)8-17-11(15-12)14-10-5-3-9(13)4-6-10/h3-6,16H,2,7-8H2,1H3,(H,14,15). The molecule has 0 aromatic heterocycles. The van der Waals surface area contributed by atoms with E-state index in [0.29, 0.717) is 0 Å². The summed E-state index contributed by atoms with van der Waals surface area (Å²) in [5.74, 6) is 0.829. The Balaban J connectivity index is 2.08. The Morgan fingerprint density at radius 1 is 1.47 bits per heavy atom. The van der Waals surface area contributed by atoms with Crippen molar-refractivity contribution >= 4 is 34.2 Å². The van der Waals surface area contributed by atoms with Crippen LogP contribution in [0.4, 0.5) is 5.69 Å². The monoisotopic (exact) mass is 270 g/mol. The molecule has 1 unspecified atom stereocenters. The maximum absolute atomic E-state index is 9.37. The van der Waals surface area contributed by atoms with Crippen molar-refractivity contribution in [3.63, 3.8) is 0 Å². The normalized spacial score (nSPS) is 23.6. The number of aliphatic imine (C=N–C) groups is 1. The Morgan fingerprint density at radius 2 is 2.18 bits per heavy atom. The Kier molecular flexibility index (Phi) is 3.97. The fraction of sp³-hybridized carbons (Fsp3) is 0.417. The molecule has 0 saturated heterocycles. The number of nitrogens with zero attached hydrogens (tertiary/aromatic N) is 1. The second kappa shape index (κ2) is 5.29. The second-order valence-electron chi connectivity index (χ2n) is 4.07. The van der Waals surface area contributed by atoms with Gasteiger partial charge in [-0.3, -0.25) is 4.99 Å². The lowest BCUT2D eigenvalue weighted by molar-refractivity contribution is 0.211. The third kappa shape index (κ3) is 2.94. The molecule has 0 spiro atoms. The summed E-state index contributed by atoms with van der Waals surface area (Å²) in [5.41, 5.74) is 0.657.